The van der Waals surface area contributed by atoms with Crippen molar-refractivity contribution in [1.29, 1.82) is 0 Å². The van der Waals surface area contributed by atoms with Crippen molar-refractivity contribution < 1.29 is 0 Å². The Morgan fingerprint density at radius 1 is 1.57 bits per heavy atom. The highest BCUT2D eigenvalue weighted by atomic mass is 15.0. The highest BCUT2D eigenvalue weighted by molar-refractivity contribution is 5.13. The smallest absolute Gasteiger partial charge is 0.0399 e. The van der Waals surface area contributed by atoms with E-state index in [4.69, 9.17) is 0 Å². The Labute approximate surface area is 44.1 Å². The Bertz CT molecular complexity index is 70.2. The molecule has 1 N–H and O–H groups in total. The minimum Gasteiger partial charge on any atom is -0.309 e. The van der Waals surface area contributed by atoms with Crippen LogP contribution in [-0.2, 0) is 0 Å². The first-order valence-corrected chi connectivity index (χ1v) is 3.06. The van der Waals surface area contributed by atoms with Crippen LogP contribution in [0.15, 0.2) is 0 Å². The minimum atomic E-state index is 1.01. The average Bonchev–Trinajstić information content (AvgIpc) is 2.41. The van der Waals surface area contributed by atoms with Gasteiger partial charge in [-0.1, -0.05) is 0 Å². The maximum atomic E-state index is 3.37. The zero-order chi connectivity index (χ0) is 4.69. The Balaban J connectivity index is 1.95. The van der Waals surface area contributed by atoms with Crippen LogP contribution in [-0.4, -0.2) is 6.54 Å². The summed E-state index contributed by atoms with van der Waals surface area (Å²) in [4.78, 5) is 0. The second-order valence-corrected chi connectivity index (χ2v) is 2.50. The van der Waals surface area contributed by atoms with E-state index in [-0.39, 0.29) is 0 Å². The maximum Gasteiger partial charge on any atom is 0.0399 e. The summed E-state index contributed by atoms with van der Waals surface area (Å²) in [5.41, 5.74) is 0. The van der Waals surface area contributed by atoms with Gasteiger partial charge in [-0.05, 0) is 31.7 Å². The lowest BCUT2D eigenvalue weighted by Crippen LogP contribution is -2.17. The summed E-state index contributed by atoms with van der Waals surface area (Å²) in [6.07, 6.45) is 4.25. The highest BCUT2D eigenvalue weighted by Crippen LogP contribution is 2.43. The fourth-order valence-corrected chi connectivity index (χ4v) is 1.30. The Morgan fingerprint density at radius 2 is 2.57 bits per heavy atom. The normalized spacial score (nSPS) is 40.3. The zero-order valence-electron chi connectivity index (χ0n) is 4.41. The van der Waals surface area contributed by atoms with E-state index in [2.05, 4.69) is 5.32 Å². The van der Waals surface area contributed by atoms with E-state index in [0.29, 0.717) is 0 Å². The van der Waals surface area contributed by atoms with Crippen molar-refractivity contribution in [2.24, 2.45) is 5.92 Å². The summed E-state index contributed by atoms with van der Waals surface area (Å²) in [5, 5.41) is 3.37. The van der Waals surface area contributed by atoms with Crippen molar-refractivity contribution in [1.82, 2.24) is 5.32 Å². The van der Waals surface area contributed by atoms with Gasteiger partial charge in [0, 0.05) is 6.04 Å². The summed E-state index contributed by atoms with van der Waals surface area (Å²) in [6, 6.07) is 1.63. The largest absolute Gasteiger partial charge is 0.309 e. The van der Waals surface area contributed by atoms with Crippen LogP contribution in [0.5, 0.6) is 0 Å². The molecule has 1 radical (unpaired) electrons. The van der Waals surface area contributed by atoms with Crippen LogP contribution >= 0.6 is 0 Å². The molecule has 1 nitrogen and oxygen atoms in total. The van der Waals surface area contributed by atoms with Gasteiger partial charge in [0.05, 0.1) is 0 Å². The number of hydrogen-bond acceptors (Lipinski definition) is 1. The summed E-state index contributed by atoms with van der Waals surface area (Å²) < 4.78 is 0. The molecule has 0 aromatic heterocycles. The number of hydrogen-bond donors (Lipinski definition) is 1. The van der Waals surface area contributed by atoms with Crippen LogP contribution in [0.4, 0.5) is 0 Å². The van der Waals surface area contributed by atoms with Crippen LogP contribution in [0.2, 0.25) is 0 Å². The zero-order valence-corrected chi connectivity index (χ0v) is 4.41. The molecule has 7 heavy (non-hydrogen) atoms. The SMILES string of the molecule is C1CN[C]2CC2C1. The van der Waals surface area contributed by atoms with E-state index in [1.807, 2.05) is 0 Å². The van der Waals surface area contributed by atoms with Crippen molar-refractivity contribution in [2.75, 3.05) is 6.54 Å². The Morgan fingerprint density at radius 3 is 3.14 bits per heavy atom. The van der Waals surface area contributed by atoms with Gasteiger partial charge in [-0.15, -0.1) is 0 Å². The molecular weight excluding hydrogens is 86.1 g/mol. The highest BCUT2D eigenvalue weighted by Gasteiger charge is 2.39. The predicted octanol–water partition coefficient (Wildman–Crippen LogP) is 0.922. The molecule has 39 valence electrons. The van der Waals surface area contributed by atoms with Crippen molar-refractivity contribution in [3.8, 4) is 0 Å². The third-order valence-corrected chi connectivity index (χ3v) is 1.88. The topological polar surface area (TPSA) is 12.0 Å². The maximum absolute atomic E-state index is 3.37. The molecule has 1 heterocycles. The number of fused-ring (bicyclic) bond motifs is 1. The fraction of sp³-hybridized carbons (Fsp3) is 0.833. The summed E-state index contributed by atoms with van der Waals surface area (Å²) in [6.45, 7) is 1.24. The molecule has 1 unspecified atom stereocenters. The van der Waals surface area contributed by atoms with Crippen LogP contribution in [0.3, 0.4) is 0 Å². The summed E-state index contributed by atoms with van der Waals surface area (Å²) >= 11 is 0. The Hall–Kier alpha value is -0.0400. The predicted molar refractivity (Wildman–Crippen MR) is 28.6 cm³/mol. The molecule has 0 bridgehead atoms. The standard InChI is InChI=1S/C6H10N/c1-2-5-4-6(5)7-3-1/h5,7H,1-4H2. The van der Waals surface area contributed by atoms with Crippen molar-refractivity contribution >= 4 is 0 Å². The molecule has 1 heteroatoms. The molecule has 1 saturated heterocycles. The van der Waals surface area contributed by atoms with Crippen LogP contribution in [0, 0.1) is 12.0 Å². The lowest BCUT2D eigenvalue weighted by Gasteiger charge is -2.07. The summed E-state index contributed by atoms with van der Waals surface area (Å²) in [5.74, 6) is 1.01. The quantitative estimate of drug-likeness (QED) is 0.473. The van der Waals surface area contributed by atoms with E-state index in [0.717, 1.165) is 5.92 Å². The van der Waals surface area contributed by atoms with Gasteiger partial charge in [0.2, 0.25) is 0 Å². The van der Waals surface area contributed by atoms with Gasteiger partial charge in [0.1, 0.15) is 0 Å². The molecule has 0 aromatic rings. The van der Waals surface area contributed by atoms with Gasteiger partial charge < -0.3 is 5.32 Å². The van der Waals surface area contributed by atoms with E-state index >= 15 is 0 Å². The first kappa shape index (κ1) is 3.90. The number of rotatable bonds is 0. The molecule has 2 rings (SSSR count). The molecular formula is C6H10N. The van der Waals surface area contributed by atoms with Gasteiger partial charge in [0.15, 0.2) is 0 Å². The molecule has 0 aromatic carbocycles. The third kappa shape index (κ3) is 0.556. The van der Waals surface area contributed by atoms with Gasteiger partial charge in [0.25, 0.3) is 0 Å². The second-order valence-electron chi connectivity index (χ2n) is 2.50. The first-order valence-electron chi connectivity index (χ1n) is 3.06. The lowest BCUT2D eigenvalue weighted by atomic mass is 10.2. The first-order chi connectivity index (χ1) is 3.47. The molecule has 2 fully saturated rings. The number of nitrogens with one attached hydrogen (secondary N) is 1. The van der Waals surface area contributed by atoms with E-state index in [1.165, 1.54) is 25.8 Å². The van der Waals surface area contributed by atoms with E-state index in [9.17, 15) is 0 Å². The van der Waals surface area contributed by atoms with Crippen molar-refractivity contribution in [3.63, 3.8) is 0 Å². The van der Waals surface area contributed by atoms with Crippen molar-refractivity contribution in [3.05, 3.63) is 6.04 Å². The summed E-state index contributed by atoms with van der Waals surface area (Å²) in [7, 11) is 0. The molecule has 0 amide bonds. The monoisotopic (exact) mass is 96.1 g/mol. The van der Waals surface area contributed by atoms with Gasteiger partial charge in [-0.25, -0.2) is 0 Å². The molecule has 1 atom stereocenters. The molecule has 1 aliphatic carbocycles. The molecule has 0 spiro atoms. The molecule has 1 aliphatic heterocycles. The fourth-order valence-electron chi connectivity index (χ4n) is 1.30. The van der Waals surface area contributed by atoms with Crippen LogP contribution in [0.1, 0.15) is 19.3 Å². The molecule has 1 saturated carbocycles. The third-order valence-electron chi connectivity index (χ3n) is 1.88. The van der Waals surface area contributed by atoms with Gasteiger partial charge in [-0.3, -0.25) is 0 Å². The van der Waals surface area contributed by atoms with E-state index < -0.39 is 0 Å². The van der Waals surface area contributed by atoms with Gasteiger partial charge >= 0.3 is 0 Å². The lowest BCUT2D eigenvalue weighted by molar-refractivity contribution is 0.564. The molecule has 2 aliphatic rings. The average molecular weight is 96.2 g/mol. The van der Waals surface area contributed by atoms with Crippen molar-refractivity contribution in [2.45, 2.75) is 19.3 Å². The van der Waals surface area contributed by atoms with E-state index in [1.54, 1.807) is 6.04 Å². The van der Waals surface area contributed by atoms with Crippen LogP contribution < -0.4 is 5.32 Å². The second kappa shape index (κ2) is 1.22. The van der Waals surface area contributed by atoms with Gasteiger partial charge in [-0.2, -0.15) is 0 Å². The number of piperidine rings is 1. The Kier molecular flexibility index (Phi) is 0.680. The van der Waals surface area contributed by atoms with Crippen LogP contribution in [0.25, 0.3) is 0 Å². The minimum absolute atomic E-state index is 1.01.